The van der Waals surface area contributed by atoms with Gasteiger partial charge in [0.2, 0.25) is 5.95 Å². The van der Waals surface area contributed by atoms with E-state index < -0.39 is 5.60 Å². The molecule has 0 atom stereocenters. The molecule has 10 heteroatoms. The van der Waals surface area contributed by atoms with E-state index in [9.17, 15) is 5.11 Å². The van der Waals surface area contributed by atoms with Crippen molar-refractivity contribution in [2.45, 2.75) is 38.3 Å². The van der Waals surface area contributed by atoms with Gasteiger partial charge in [-0.05, 0) is 76.5 Å². The predicted octanol–water partition coefficient (Wildman–Crippen LogP) is 5.34. The Kier molecular flexibility index (Phi) is 7.38. The fourth-order valence-electron chi connectivity index (χ4n) is 4.71. The van der Waals surface area contributed by atoms with Gasteiger partial charge >= 0.3 is 0 Å². The Hall–Kier alpha value is -3.47. The van der Waals surface area contributed by atoms with Crippen molar-refractivity contribution in [2.75, 3.05) is 49.8 Å². The summed E-state index contributed by atoms with van der Waals surface area (Å²) in [4.78, 5) is 19.7. The van der Waals surface area contributed by atoms with Gasteiger partial charge in [-0.25, -0.2) is 9.97 Å². The minimum absolute atomic E-state index is 0.457. The lowest BCUT2D eigenvalue weighted by Gasteiger charge is -2.36. The number of rotatable bonds is 8. The van der Waals surface area contributed by atoms with Gasteiger partial charge in [0.05, 0.1) is 23.9 Å². The molecule has 1 saturated heterocycles. The highest BCUT2D eigenvalue weighted by molar-refractivity contribution is 7.16. The van der Waals surface area contributed by atoms with Gasteiger partial charge < -0.3 is 30.3 Å². The van der Waals surface area contributed by atoms with E-state index in [0.717, 1.165) is 53.3 Å². The van der Waals surface area contributed by atoms with Gasteiger partial charge in [-0.2, -0.15) is 4.98 Å². The summed E-state index contributed by atoms with van der Waals surface area (Å²) >= 11 is 1.54. The van der Waals surface area contributed by atoms with Crippen LogP contribution in [-0.4, -0.2) is 65.3 Å². The maximum absolute atomic E-state index is 10.4. The highest BCUT2D eigenvalue weighted by Gasteiger charge is 2.22. The van der Waals surface area contributed by atoms with Crippen molar-refractivity contribution >= 4 is 50.5 Å². The zero-order chi connectivity index (χ0) is 26.9. The van der Waals surface area contributed by atoms with Crippen molar-refractivity contribution in [3.8, 4) is 5.75 Å². The van der Waals surface area contributed by atoms with Crippen LogP contribution in [0, 0.1) is 0 Å². The number of thiophene rings is 1. The molecule has 4 heterocycles. The summed E-state index contributed by atoms with van der Waals surface area (Å²) in [5, 5.41) is 19.9. The smallest absolute Gasteiger partial charge is 0.230 e. The zero-order valence-electron chi connectivity index (χ0n) is 22.5. The number of methoxy groups -OCH3 is 1. The number of nitrogens with one attached hydrogen (secondary N) is 2. The van der Waals surface area contributed by atoms with Crippen molar-refractivity contribution in [2.24, 2.45) is 0 Å². The Morgan fingerprint density at radius 1 is 1.05 bits per heavy atom. The van der Waals surface area contributed by atoms with Gasteiger partial charge in [0, 0.05) is 30.9 Å². The number of anilines is 5. The third-order valence-corrected chi connectivity index (χ3v) is 7.75. The second-order valence-corrected chi connectivity index (χ2v) is 11.2. The number of nitrogens with zero attached hydrogens (tertiary/aromatic N) is 5. The number of fused-ring (bicyclic) bond motifs is 1. The first-order chi connectivity index (χ1) is 18.2. The lowest BCUT2D eigenvalue weighted by molar-refractivity contribution is 0.0740. The van der Waals surface area contributed by atoms with Crippen molar-refractivity contribution in [1.29, 1.82) is 0 Å². The van der Waals surface area contributed by atoms with Crippen LogP contribution in [0.25, 0.3) is 10.2 Å². The van der Waals surface area contributed by atoms with E-state index in [-0.39, 0.29) is 0 Å². The van der Waals surface area contributed by atoms with Gasteiger partial charge in [-0.1, -0.05) is 6.07 Å². The predicted molar refractivity (Wildman–Crippen MR) is 155 cm³/mol. The Morgan fingerprint density at radius 2 is 1.84 bits per heavy atom. The molecule has 0 radical (unpaired) electrons. The molecule has 1 aliphatic heterocycles. The van der Waals surface area contributed by atoms with E-state index in [1.807, 2.05) is 29.6 Å². The Balaban J connectivity index is 1.39. The van der Waals surface area contributed by atoms with Crippen LogP contribution in [0.2, 0.25) is 0 Å². The summed E-state index contributed by atoms with van der Waals surface area (Å²) in [6.07, 6.45) is 2.29. The van der Waals surface area contributed by atoms with Gasteiger partial charge in [0.25, 0.3) is 0 Å². The Morgan fingerprint density at radius 3 is 2.55 bits per heavy atom. The van der Waals surface area contributed by atoms with Crippen LogP contribution in [-0.2, 0) is 5.60 Å². The first kappa shape index (κ1) is 26.1. The summed E-state index contributed by atoms with van der Waals surface area (Å²) < 4.78 is 5.75. The molecular weight excluding hydrogens is 498 g/mol. The standard InChI is InChI=1S/C28H35N7O2S/c1-28(2,36)23-7-6-8-24(30-23)31-25-20-13-16-38-26(20)33-27(32-25)29-21-10-9-19(17-22(21)37-5)35-14-11-18(12-15-35)34(3)4/h6-10,13,16-18,36H,11-12,14-15H2,1-5H3,(H2,29,30,31,32,33). The molecule has 0 saturated carbocycles. The summed E-state index contributed by atoms with van der Waals surface area (Å²) in [5.74, 6) is 2.43. The third kappa shape index (κ3) is 5.67. The normalized spacial score (nSPS) is 14.8. The number of benzene rings is 1. The first-order valence-electron chi connectivity index (χ1n) is 12.8. The first-order valence-corrected chi connectivity index (χ1v) is 13.7. The molecule has 0 bridgehead atoms. The lowest BCUT2D eigenvalue weighted by Crippen LogP contribution is -2.41. The van der Waals surface area contributed by atoms with Crippen molar-refractivity contribution in [3.05, 3.63) is 53.5 Å². The molecule has 1 aliphatic rings. The fraction of sp³-hybridized carbons (Fsp3) is 0.393. The average molecular weight is 534 g/mol. The minimum Gasteiger partial charge on any atom is -0.494 e. The number of pyridine rings is 1. The molecule has 1 fully saturated rings. The van der Waals surface area contributed by atoms with Crippen LogP contribution in [0.4, 0.5) is 29.0 Å². The van der Waals surface area contributed by atoms with Crippen LogP contribution in [0.1, 0.15) is 32.4 Å². The molecule has 3 aromatic heterocycles. The highest BCUT2D eigenvalue weighted by atomic mass is 32.1. The van der Waals surface area contributed by atoms with Crippen LogP contribution in [0.3, 0.4) is 0 Å². The summed E-state index contributed by atoms with van der Waals surface area (Å²) in [6, 6.07) is 14.4. The average Bonchev–Trinajstić information content (AvgIpc) is 3.38. The van der Waals surface area contributed by atoms with E-state index in [4.69, 9.17) is 14.7 Å². The number of hydrogen-bond acceptors (Lipinski definition) is 10. The summed E-state index contributed by atoms with van der Waals surface area (Å²) in [6.45, 7) is 5.48. The summed E-state index contributed by atoms with van der Waals surface area (Å²) in [5.41, 5.74) is 1.48. The molecule has 3 N–H and O–H groups in total. The topological polar surface area (TPSA) is 98.7 Å². The molecule has 0 spiro atoms. The molecule has 4 aromatic rings. The van der Waals surface area contributed by atoms with E-state index in [2.05, 4.69) is 51.6 Å². The number of piperidine rings is 1. The van der Waals surface area contributed by atoms with Crippen molar-refractivity contribution in [1.82, 2.24) is 19.9 Å². The van der Waals surface area contributed by atoms with Crippen LogP contribution in [0.15, 0.2) is 47.8 Å². The summed E-state index contributed by atoms with van der Waals surface area (Å²) in [7, 11) is 5.99. The number of aromatic nitrogens is 3. The molecule has 0 unspecified atom stereocenters. The van der Waals surface area contributed by atoms with Crippen LogP contribution < -0.4 is 20.3 Å². The SMILES string of the molecule is COc1cc(N2CCC(N(C)C)CC2)ccc1Nc1nc(Nc2cccc(C(C)(C)O)n2)c2ccsc2n1. The quantitative estimate of drug-likeness (QED) is 0.277. The van der Waals surface area contributed by atoms with E-state index in [0.29, 0.717) is 29.3 Å². The van der Waals surface area contributed by atoms with Gasteiger partial charge in [0.1, 0.15) is 27.8 Å². The van der Waals surface area contributed by atoms with E-state index in [1.54, 1.807) is 38.4 Å². The molecule has 9 nitrogen and oxygen atoms in total. The largest absolute Gasteiger partial charge is 0.494 e. The number of ether oxygens (including phenoxy) is 1. The molecular formula is C28H35N7O2S. The maximum Gasteiger partial charge on any atom is 0.230 e. The van der Waals surface area contributed by atoms with Gasteiger partial charge in [-0.3, -0.25) is 0 Å². The number of aliphatic hydroxyl groups is 1. The molecule has 0 aliphatic carbocycles. The molecule has 1 aromatic carbocycles. The van der Waals surface area contributed by atoms with E-state index in [1.165, 1.54) is 0 Å². The van der Waals surface area contributed by atoms with Crippen LogP contribution in [0.5, 0.6) is 5.75 Å². The second kappa shape index (κ2) is 10.7. The van der Waals surface area contributed by atoms with Crippen molar-refractivity contribution in [3.63, 3.8) is 0 Å². The maximum atomic E-state index is 10.4. The number of hydrogen-bond donors (Lipinski definition) is 3. The second-order valence-electron chi connectivity index (χ2n) is 10.3. The molecule has 200 valence electrons. The van der Waals surface area contributed by atoms with Crippen molar-refractivity contribution < 1.29 is 9.84 Å². The minimum atomic E-state index is -1.04. The monoisotopic (exact) mass is 533 g/mol. The molecule has 5 rings (SSSR count). The van der Waals surface area contributed by atoms with Gasteiger partial charge in [0.15, 0.2) is 0 Å². The third-order valence-electron chi connectivity index (χ3n) is 6.94. The fourth-order valence-corrected chi connectivity index (χ4v) is 5.48. The zero-order valence-corrected chi connectivity index (χ0v) is 23.3. The Bertz CT molecular complexity index is 1410. The van der Waals surface area contributed by atoms with Crippen LogP contribution >= 0.6 is 11.3 Å². The Labute approximate surface area is 227 Å². The molecule has 38 heavy (non-hydrogen) atoms. The molecule has 0 amide bonds. The van der Waals surface area contributed by atoms with Gasteiger partial charge in [-0.15, -0.1) is 11.3 Å². The van der Waals surface area contributed by atoms with E-state index >= 15 is 0 Å². The lowest BCUT2D eigenvalue weighted by atomic mass is 10.0. The highest BCUT2D eigenvalue weighted by Crippen LogP contribution is 2.35.